The van der Waals surface area contributed by atoms with Gasteiger partial charge in [0, 0.05) is 17.7 Å². The first kappa shape index (κ1) is 20.7. The van der Waals surface area contributed by atoms with Crippen molar-refractivity contribution in [3.63, 3.8) is 0 Å². The number of hydrogen-bond acceptors (Lipinski definition) is 7. The number of unbranched alkanes of at least 4 members (excludes halogenated alkanes) is 2. The highest BCUT2D eigenvalue weighted by Crippen LogP contribution is 2.29. The van der Waals surface area contributed by atoms with Crippen LogP contribution in [-0.2, 0) is 4.74 Å². The number of aliphatic hydroxyl groups excluding tert-OH is 1. The summed E-state index contributed by atoms with van der Waals surface area (Å²) >= 11 is 1.46. The molecule has 0 radical (unpaired) electrons. The molecular formula is C23H20N4O3S. The molecule has 2 heterocycles. The van der Waals surface area contributed by atoms with Crippen LogP contribution < -0.4 is 0 Å². The summed E-state index contributed by atoms with van der Waals surface area (Å²) in [5.74, 6) is -0.354. The predicted octanol–water partition coefficient (Wildman–Crippen LogP) is 4.32. The summed E-state index contributed by atoms with van der Waals surface area (Å²) in [4.78, 5) is 17.4. The highest BCUT2D eigenvalue weighted by molar-refractivity contribution is 7.19. The average Bonchev–Trinajstić information content (AvgIpc) is 3.40. The molecule has 0 bridgehead atoms. The molecule has 0 aliphatic carbocycles. The molecule has 8 heteroatoms. The topological polar surface area (TPSA) is 101 Å². The van der Waals surface area contributed by atoms with Gasteiger partial charge in [-0.2, -0.15) is 10.4 Å². The van der Waals surface area contributed by atoms with Crippen molar-refractivity contribution in [1.82, 2.24) is 14.6 Å². The lowest BCUT2D eigenvalue weighted by atomic mass is 10.1. The molecule has 2 aromatic heterocycles. The van der Waals surface area contributed by atoms with E-state index >= 15 is 0 Å². The van der Waals surface area contributed by atoms with Gasteiger partial charge in [-0.15, -0.1) is 0 Å². The third kappa shape index (κ3) is 4.63. The lowest BCUT2D eigenvalue weighted by Crippen LogP contribution is -2.06. The van der Waals surface area contributed by atoms with Gasteiger partial charge in [0.05, 0.1) is 35.7 Å². The molecule has 4 aromatic rings. The number of fused-ring (bicyclic) bond motifs is 1. The number of hydrogen-bond donors (Lipinski definition) is 1. The molecule has 0 saturated heterocycles. The maximum atomic E-state index is 12.2. The Kier molecular flexibility index (Phi) is 6.36. The van der Waals surface area contributed by atoms with Crippen LogP contribution in [0.5, 0.6) is 0 Å². The first-order valence-corrected chi connectivity index (χ1v) is 10.7. The summed E-state index contributed by atoms with van der Waals surface area (Å²) < 4.78 is 7.06. The van der Waals surface area contributed by atoms with Crippen LogP contribution in [0.3, 0.4) is 0 Å². The van der Waals surface area contributed by atoms with Crippen molar-refractivity contribution in [2.24, 2.45) is 0 Å². The highest BCUT2D eigenvalue weighted by atomic mass is 32.1. The van der Waals surface area contributed by atoms with E-state index in [-0.39, 0.29) is 12.6 Å². The van der Waals surface area contributed by atoms with Crippen LogP contribution in [-0.4, -0.2) is 38.9 Å². The third-order valence-corrected chi connectivity index (χ3v) is 5.77. The molecule has 7 nitrogen and oxygen atoms in total. The van der Waals surface area contributed by atoms with Gasteiger partial charge in [0.15, 0.2) is 0 Å². The van der Waals surface area contributed by atoms with E-state index in [1.165, 1.54) is 11.3 Å². The minimum absolute atomic E-state index is 0.159. The van der Waals surface area contributed by atoms with Crippen molar-refractivity contribution in [2.45, 2.75) is 19.3 Å². The first-order chi connectivity index (χ1) is 15.2. The van der Waals surface area contributed by atoms with Crippen molar-refractivity contribution in [3.8, 4) is 27.9 Å². The molecule has 156 valence electrons. The van der Waals surface area contributed by atoms with Crippen molar-refractivity contribution < 1.29 is 14.6 Å². The van der Waals surface area contributed by atoms with Crippen LogP contribution in [0.4, 0.5) is 0 Å². The molecule has 0 atom stereocenters. The Balaban J connectivity index is 1.48. The number of aliphatic hydroxyl groups is 1. The molecule has 0 aliphatic rings. The van der Waals surface area contributed by atoms with E-state index in [2.05, 4.69) is 16.2 Å². The second-order valence-electron chi connectivity index (χ2n) is 6.93. The second-order valence-corrected chi connectivity index (χ2v) is 7.89. The second kappa shape index (κ2) is 9.51. The monoisotopic (exact) mass is 432 g/mol. The zero-order valence-corrected chi connectivity index (χ0v) is 17.5. The van der Waals surface area contributed by atoms with Gasteiger partial charge in [-0.1, -0.05) is 35.6 Å². The minimum Gasteiger partial charge on any atom is -0.462 e. The fourth-order valence-corrected chi connectivity index (χ4v) is 3.99. The van der Waals surface area contributed by atoms with Gasteiger partial charge >= 0.3 is 5.97 Å². The van der Waals surface area contributed by atoms with Gasteiger partial charge in [0.1, 0.15) is 5.01 Å². The predicted molar refractivity (Wildman–Crippen MR) is 118 cm³/mol. The van der Waals surface area contributed by atoms with Crippen LogP contribution in [0.25, 0.3) is 26.8 Å². The Bertz CT molecular complexity index is 1220. The summed E-state index contributed by atoms with van der Waals surface area (Å²) in [7, 11) is 0. The fourth-order valence-electron chi connectivity index (χ4n) is 3.11. The van der Waals surface area contributed by atoms with Gasteiger partial charge in [0.25, 0.3) is 0 Å². The molecule has 0 spiro atoms. The van der Waals surface area contributed by atoms with Crippen molar-refractivity contribution >= 4 is 22.3 Å². The largest absolute Gasteiger partial charge is 0.462 e. The summed E-state index contributed by atoms with van der Waals surface area (Å²) in [5.41, 5.74) is 3.77. The molecular weight excluding hydrogens is 412 g/mol. The van der Waals surface area contributed by atoms with Gasteiger partial charge in [-0.25, -0.2) is 14.3 Å². The average molecular weight is 433 g/mol. The van der Waals surface area contributed by atoms with E-state index in [0.29, 0.717) is 17.7 Å². The fraction of sp³-hybridized carbons (Fsp3) is 0.217. The number of nitrogens with zero attached hydrogens (tertiary/aromatic N) is 4. The molecule has 2 aromatic carbocycles. The number of ether oxygens (including phenoxy) is 1. The Hall–Kier alpha value is -3.54. The van der Waals surface area contributed by atoms with Crippen LogP contribution in [0.2, 0.25) is 0 Å². The van der Waals surface area contributed by atoms with Crippen molar-refractivity contribution in [2.75, 3.05) is 13.2 Å². The van der Waals surface area contributed by atoms with Crippen molar-refractivity contribution in [3.05, 3.63) is 65.9 Å². The summed E-state index contributed by atoms with van der Waals surface area (Å²) in [6.07, 6.45) is 4.06. The molecule has 4 rings (SSSR count). The van der Waals surface area contributed by atoms with Crippen LogP contribution in [0.15, 0.2) is 54.7 Å². The lowest BCUT2D eigenvalue weighted by Gasteiger charge is -2.05. The molecule has 0 fully saturated rings. The molecule has 0 aliphatic heterocycles. The standard InChI is InChI=1S/C23H20N4O3S/c24-14-16-4-6-17(7-5-16)20-15-25-23-27(20)26-21(31-23)18-8-10-19(11-9-18)22(29)30-13-3-1-2-12-28/h4-11,15,28H,1-3,12-13H2. The Morgan fingerprint density at radius 2 is 1.81 bits per heavy atom. The number of imidazole rings is 1. The first-order valence-electron chi connectivity index (χ1n) is 9.93. The Labute approximate surface area is 183 Å². The van der Waals surface area contributed by atoms with Crippen LogP contribution in [0.1, 0.15) is 35.2 Å². The normalized spacial score (nSPS) is 10.8. The number of nitriles is 1. The number of carbonyl (C=O) groups excluding carboxylic acids is 1. The van der Waals surface area contributed by atoms with Crippen LogP contribution >= 0.6 is 11.3 Å². The third-order valence-electron chi connectivity index (χ3n) is 4.80. The van der Waals surface area contributed by atoms with Gasteiger partial charge in [0.2, 0.25) is 4.96 Å². The molecule has 0 amide bonds. The van der Waals surface area contributed by atoms with E-state index in [4.69, 9.17) is 15.1 Å². The van der Waals surface area contributed by atoms with E-state index in [1.54, 1.807) is 35.0 Å². The summed E-state index contributed by atoms with van der Waals surface area (Å²) in [6.45, 7) is 0.508. The Morgan fingerprint density at radius 1 is 1.06 bits per heavy atom. The van der Waals surface area contributed by atoms with E-state index in [9.17, 15) is 4.79 Å². The minimum atomic E-state index is -0.354. The van der Waals surface area contributed by atoms with Crippen molar-refractivity contribution in [1.29, 1.82) is 5.26 Å². The number of rotatable bonds is 8. The maximum Gasteiger partial charge on any atom is 0.338 e. The highest BCUT2D eigenvalue weighted by Gasteiger charge is 2.14. The molecule has 0 unspecified atom stereocenters. The van der Waals surface area contributed by atoms with E-state index in [1.807, 2.05) is 24.3 Å². The maximum absolute atomic E-state index is 12.2. The molecule has 1 N–H and O–H groups in total. The molecule has 31 heavy (non-hydrogen) atoms. The van der Waals surface area contributed by atoms with Crippen LogP contribution in [0, 0.1) is 11.3 Å². The summed E-state index contributed by atoms with van der Waals surface area (Å²) in [5, 5.41) is 23.2. The van der Waals surface area contributed by atoms with Gasteiger partial charge < -0.3 is 9.84 Å². The van der Waals surface area contributed by atoms with Gasteiger partial charge in [-0.05, 0) is 43.5 Å². The number of carbonyl (C=O) groups is 1. The van der Waals surface area contributed by atoms with E-state index in [0.717, 1.165) is 46.1 Å². The Morgan fingerprint density at radius 3 is 2.52 bits per heavy atom. The number of esters is 1. The number of aromatic nitrogens is 3. The smallest absolute Gasteiger partial charge is 0.338 e. The van der Waals surface area contributed by atoms with E-state index < -0.39 is 0 Å². The summed E-state index contributed by atoms with van der Waals surface area (Å²) in [6, 6.07) is 16.6. The zero-order valence-electron chi connectivity index (χ0n) is 16.7. The molecule has 0 saturated carbocycles. The number of benzene rings is 2. The van der Waals surface area contributed by atoms with Gasteiger partial charge in [-0.3, -0.25) is 0 Å². The lowest BCUT2D eigenvalue weighted by molar-refractivity contribution is 0.0497. The quantitative estimate of drug-likeness (QED) is 0.329. The SMILES string of the molecule is N#Cc1ccc(-c2cnc3sc(-c4ccc(C(=O)OCCCCCO)cc4)nn23)cc1. The zero-order chi connectivity index (χ0) is 21.6.